The number of carbonyl (C=O) groups excluding carboxylic acids is 1. The van der Waals surface area contributed by atoms with Crippen molar-refractivity contribution in [3.63, 3.8) is 0 Å². The fourth-order valence-corrected chi connectivity index (χ4v) is 8.99. The Kier molecular flexibility index (Phi) is 49.4. The van der Waals surface area contributed by atoms with Crippen LogP contribution in [0.25, 0.3) is 0 Å². The normalized spacial score (nSPS) is 13.2. The number of unbranched alkanes of at least 4 members (excludes halogenated alkanes) is 43. The van der Waals surface area contributed by atoms with Crippen molar-refractivity contribution in [2.45, 2.75) is 334 Å². The summed E-state index contributed by atoms with van der Waals surface area (Å²) in [6, 6.07) is -0.803. The monoisotopic (exact) mass is 836 g/mol. The third-order valence-corrected chi connectivity index (χ3v) is 13.2. The molecule has 0 saturated heterocycles. The number of aliphatic hydroxyl groups is 3. The summed E-state index contributed by atoms with van der Waals surface area (Å²) in [4.78, 5) is 12.5. The smallest absolute Gasteiger partial charge is 0.220 e. The zero-order valence-corrected chi connectivity index (χ0v) is 40.4. The second-order valence-electron chi connectivity index (χ2n) is 19.2. The number of nitrogens with one attached hydrogen (secondary N) is 1. The molecular formula is C54H109NO4. The maximum absolute atomic E-state index is 12.5. The topological polar surface area (TPSA) is 89.8 Å². The van der Waals surface area contributed by atoms with E-state index in [0.29, 0.717) is 12.8 Å². The first-order valence-electron chi connectivity index (χ1n) is 27.3. The van der Waals surface area contributed by atoms with Crippen molar-refractivity contribution >= 4 is 5.91 Å². The van der Waals surface area contributed by atoms with Gasteiger partial charge >= 0.3 is 0 Å². The maximum atomic E-state index is 12.5. The average Bonchev–Trinajstić information content (AvgIpc) is 3.24. The number of amides is 1. The Hall–Kier alpha value is -0.650. The van der Waals surface area contributed by atoms with Gasteiger partial charge in [0.1, 0.15) is 6.10 Å². The highest BCUT2D eigenvalue weighted by atomic mass is 16.3. The van der Waals surface area contributed by atoms with Crippen LogP contribution in [-0.4, -0.2) is 46.1 Å². The number of hydrogen-bond donors (Lipinski definition) is 4. The third-order valence-electron chi connectivity index (χ3n) is 13.2. The third kappa shape index (κ3) is 45.2. The molecule has 0 aliphatic carbocycles. The quantitative estimate of drug-likeness (QED) is 0.0460. The minimum absolute atomic E-state index is 0.138. The molecule has 0 bridgehead atoms. The van der Waals surface area contributed by atoms with E-state index >= 15 is 0 Å². The SMILES string of the molecule is CCCCCCCCCCCCCCCCCCCCCCCCCCCCCCCCCCCC(=O)N[C@@H](CO)[C@H](O)[C@H](O)CCCCCCCCCCCCCC. The summed E-state index contributed by atoms with van der Waals surface area (Å²) in [6.45, 7) is 4.20. The number of aliphatic hydroxyl groups excluding tert-OH is 3. The lowest BCUT2D eigenvalue weighted by atomic mass is 9.99. The Labute approximate surface area is 370 Å². The number of hydrogen-bond acceptors (Lipinski definition) is 4. The van der Waals surface area contributed by atoms with Gasteiger partial charge < -0.3 is 20.6 Å². The molecule has 0 rings (SSSR count). The lowest BCUT2D eigenvalue weighted by molar-refractivity contribution is -0.124. The van der Waals surface area contributed by atoms with Crippen LogP contribution in [0.2, 0.25) is 0 Å². The fraction of sp³-hybridized carbons (Fsp3) is 0.981. The Morgan fingerprint density at radius 3 is 0.814 bits per heavy atom. The van der Waals surface area contributed by atoms with E-state index in [2.05, 4.69) is 19.2 Å². The van der Waals surface area contributed by atoms with Gasteiger partial charge in [-0.1, -0.05) is 296 Å². The van der Waals surface area contributed by atoms with Crippen molar-refractivity contribution in [3.8, 4) is 0 Å². The molecule has 0 aliphatic heterocycles. The molecule has 3 atom stereocenters. The molecule has 0 radical (unpaired) electrons. The van der Waals surface area contributed by atoms with Crippen molar-refractivity contribution in [2.75, 3.05) is 6.61 Å². The van der Waals surface area contributed by atoms with E-state index in [1.54, 1.807) is 0 Å². The van der Waals surface area contributed by atoms with Crippen LogP contribution in [0.4, 0.5) is 0 Å². The van der Waals surface area contributed by atoms with Crippen LogP contribution < -0.4 is 5.32 Å². The van der Waals surface area contributed by atoms with Gasteiger partial charge in [-0.3, -0.25) is 4.79 Å². The summed E-state index contributed by atoms with van der Waals surface area (Å²) in [5.74, 6) is -0.138. The second-order valence-corrected chi connectivity index (χ2v) is 19.2. The van der Waals surface area contributed by atoms with Gasteiger partial charge in [-0.25, -0.2) is 0 Å². The highest BCUT2D eigenvalue weighted by Crippen LogP contribution is 2.18. The summed E-state index contributed by atoms with van der Waals surface area (Å²) in [5, 5.41) is 33.6. The number of rotatable bonds is 51. The summed E-state index contributed by atoms with van der Waals surface area (Å²) in [5.41, 5.74) is 0. The average molecular weight is 836 g/mol. The standard InChI is InChI=1S/C54H109NO4/c1-3-5-7-9-11-13-15-17-18-19-20-21-22-23-24-25-26-27-28-29-30-31-32-33-34-35-36-37-39-41-43-45-47-49-53(58)55-51(50-56)54(59)52(57)48-46-44-42-40-38-16-14-12-10-8-6-4-2/h51-52,54,56-57,59H,3-50H2,1-2H3,(H,55,58)/t51-,52+,54-/m0/s1. The highest BCUT2D eigenvalue weighted by Gasteiger charge is 2.26. The number of carbonyl (C=O) groups is 1. The van der Waals surface area contributed by atoms with Crippen LogP contribution >= 0.6 is 0 Å². The fourth-order valence-electron chi connectivity index (χ4n) is 8.99. The lowest BCUT2D eigenvalue weighted by Gasteiger charge is -2.26. The van der Waals surface area contributed by atoms with Crippen molar-refractivity contribution in [2.24, 2.45) is 0 Å². The Bertz CT molecular complexity index is 792. The lowest BCUT2D eigenvalue weighted by Crippen LogP contribution is -2.50. The molecule has 0 spiro atoms. The van der Waals surface area contributed by atoms with Gasteiger partial charge in [-0.15, -0.1) is 0 Å². The predicted molar refractivity (Wildman–Crippen MR) is 259 cm³/mol. The van der Waals surface area contributed by atoms with E-state index in [4.69, 9.17) is 0 Å². The van der Waals surface area contributed by atoms with Crippen molar-refractivity contribution in [3.05, 3.63) is 0 Å². The molecular weight excluding hydrogens is 727 g/mol. The Morgan fingerprint density at radius 2 is 0.576 bits per heavy atom. The van der Waals surface area contributed by atoms with Gasteiger partial charge in [0, 0.05) is 6.42 Å². The maximum Gasteiger partial charge on any atom is 0.220 e. The minimum atomic E-state index is -1.13. The summed E-state index contributed by atoms with van der Waals surface area (Å²) >= 11 is 0. The van der Waals surface area contributed by atoms with Crippen molar-refractivity contribution in [1.82, 2.24) is 5.32 Å². The molecule has 0 fully saturated rings. The van der Waals surface area contributed by atoms with Gasteiger partial charge in [0.15, 0.2) is 0 Å². The highest BCUT2D eigenvalue weighted by molar-refractivity contribution is 5.76. The largest absolute Gasteiger partial charge is 0.394 e. The molecule has 0 aromatic heterocycles. The van der Waals surface area contributed by atoms with E-state index in [1.807, 2.05) is 0 Å². The Balaban J connectivity index is 3.41. The van der Waals surface area contributed by atoms with Crippen LogP contribution in [0.15, 0.2) is 0 Å². The molecule has 0 saturated carbocycles. The molecule has 0 heterocycles. The van der Waals surface area contributed by atoms with Gasteiger partial charge in [-0.2, -0.15) is 0 Å². The molecule has 5 heteroatoms. The first-order chi connectivity index (χ1) is 29.1. The first kappa shape index (κ1) is 58.4. The van der Waals surface area contributed by atoms with E-state index in [1.165, 1.54) is 257 Å². The molecule has 0 aromatic rings. The molecule has 0 aliphatic rings. The van der Waals surface area contributed by atoms with Crippen molar-refractivity contribution < 1.29 is 20.1 Å². The zero-order chi connectivity index (χ0) is 43.0. The van der Waals surface area contributed by atoms with E-state index in [-0.39, 0.29) is 12.5 Å². The molecule has 59 heavy (non-hydrogen) atoms. The predicted octanol–water partition coefficient (Wildman–Crippen LogP) is 16.6. The van der Waals surface area contributed by atoms with Gasteiger partial charge in [-0.05, 0) is 12.8 Å². The van der Waals surface area contributed by atoms with E-state index in [0.717, 1.165) is 32.1 Å². The summed E-state index contributed by atoms with van der Waals surface area (Å²) in [7, 11) is 0. The molecule has 5 nitrogen and oxygen atoms in total. The Morgan fingerprint density at radius 1 is 0.356 bits per heavy atom. The van der Waals surface area contributed by atoms with Crippen LogP contribution in [0.3, 0.4) is 0 Å². The van der Waals surface area contributed by atoms with Crippen LogP contribution in [0.1, 0.15) is 316 Å². The zero-order valence-electron chi connectivity index (χ0n) is 40.4. The molecule has 354 valence electrons. The minimum Gasteiger partial charge on any atom is -0.394 e. The van der Waals surface area contributed by atoms with Crippen molar-refractivity contribution in [1.29, 1.82) is 0 Å². The first-order valence-corrected chi connectivity index (χ1v) is 27.3. The van der Waals surface area contributed by atoms with E-state index in [9.17, 15) is 20.1 Å². The molecule has 0 unspecified atom stereocenters. The summed E-state index contributed by atoms with van der Waals surface area (Å²) in [6.07, 6.45) is 59.8. The van der Waals surface area contributed by atoms with Crippen LogP contribution in [0, 0.1) is 0 Å². The van der Waals surface area contributed by atoms with Crippen LogP contribution in [0.5, 0.6) is 0 Å². The van der Waals surface area contributed by atoms with Gasteiger partial charge in [0.05, 0.1) is 18.8 Å². The second kappa shape index (κ2) is 50.0. The van der Waals surface area contributed by atoms with Gasteiger partial charge in [0.2, 0.25) is 5.91 Å². The molecule has 4 N–H and O–H groups in total. The van der Waals surface area contributed by atoms with Gasteiger partial charge in [0.25, 0.3) is 0 Å². The van der Waals surface area contributed by atoms with E-state index < -0.39 is 18.2 Å². The molecule has 1 amide bonds. The summed E-state index contributed by atoms with van der Waals surface area (Å²) < 4.78 is 0. The molecule has 0 aromatic carbocycles. The van der Waals surface area contributed by atoms with Crippen LogP contribution in [-0.2, 0) is 4.79 Å².